The fourth-order valence-electron chi connectivity index (χ4n) is 3.89. The molecule has 1 aromatic heterocycles. The van der Waals surface area contributed by atoms with Gasteiger partial charge in [-0.2, -0.15) is 0 Å². The molecule has 1 fully saturated rings. The number of methoxy groups -OCH3 is 1. The zero-order chi connectivity index (χ0) is 14.7. The minimum absolute atomic E-state index is 0.0598. The number of ether oxygens (including phenoxy) is 1. The van der Waals surface area contributed by atoms with Crippen LogP contribution >= 0.6 is 0 Å². The van der Waals surface area contributed by atoms with E-state index >= 15 is 0 Å². The number of nitrogens with zero attached hydrogens (tertiary/aromatic N) is 2. The molecule has 0 saturated heterocycles. The minimum Gasteiger partial charge on any atom is -0.373 e. The van der Waals surface area contributed by atoms with Crippen LogP contribution in [-0.2, 0) is 17.6 Å². The van der Waals surface area contributed by atoms with E-state index in [4.69, 9.17) is 14.7 Å². The molecule has 0 aromatic carbocycles. The molecule has 2 aliphatic rings. The Morgan fingerprint density at radius 2 is 1.81 bits per heavy atom. The maximum Gasteiger partial charge on any atom is 0.160 e. The number of aromatic nitrogens is 2. The second-order valence-corrected chi connectivity index (χ2v) is 6.37. The Kier molecular flexibility index (Phi) is 4.73. The molecule has 0 spiro atoms. The maximum absolute atomic E-state index is 5.81. The summed E-state index contributed by atoms with van der Waals surface area (Å²) in [7, 11) is 3.77. The van der Waals surface area contributed by atoms with Gasteiger partial charge in [0.25, 0.3) is 0 Å². The number of hydrogen-bond donors (Lipinski definition) is 1. The number of anilines is 1. The summed E-state index contributed by atoms with van der Waals surface area (Å²) in [5.74, 6) is 2.50. The van der Waals surface area contributed by atoms with Gasteiger partial charge in [0.15, 0.2) is 5.82 Å². The predicted octanol–water partition coefficient (Wildman–Crippen LogP) is 3.66. The molecule has 4 nitrogen and oxygen atoms in total. The molecule has 1 atom stereocenters. The first-order valence-corrected chi connectivity index (χ1v) is 8.43. The van der Waals surface area contributed by atoms with Crippen LogP contribution in [0.1, 0.15) is 68.1 Å². The van der Waals surface area contributed by atoms with Gasteiger partial charge < -0.3 is 10.1 Å². The van der Waals surface area contributed by atoms with Gasteiger partial charge in [0.1, 0.15) is 11.9 Å². The quantitative estimate of drug-likeness (QED) is 0.919. The summed E-state index contributed by atoms with van der Waals surface area (Å²) in [6, 6.07) is 0. The minimum atomic E-state index is 0.0598. The average molecular weight is 289 g/mol. The van der Waals surface area contributed by atoms with Crippen LogP contribution in [-0.4, -0.2) is 24.1 Å². The van der Waals surface area contributed by atoms with Crippen molar-refractivity contribution in [3.63, 3.8) is 0 Å². The molecule has 0 radical (unpaired) electrons. The zero-order valence-electron chi connectivity index (χ0n) is 13.3. The normalized spacial score (nSPS) is 20.9. The summed E-state index contributed by atoms with van der Waals surface area (Å²) < 4.78 is 5.81. The largest absolute Gasteiger partial charge is 0.373 e. The Morgan fingerprint density at radius 1 is 1.05 bits per heavy atom. The number of hydrogen-bond acceptors (Lipinski definition) is 4. The topological polar surface area (TPSA) is 47.0 Å². The highest BCUT2D eigenvalue weighted by molar-refractivity contribution is 5.47. The predicted molar refractivity (Wildman–Crippen MR) is 84.5 cm³/mol. The lowest BCUT2D eigenvalue weighted by molar-refractivity contribution is 0.0288. The standard InChI is InChI=1S/C17H27N3O/c1-18-16-13-10-6-7-11-14(13)19-17(20-16)15(21-2)12-8-4-3-5-9-12/h12,15H,3-11H2,1-2H3,(H,18,19,20). The first kappa shape index (κ1) is 14.8. The molecule has 2 aliphatic carbocycles. The van der Waals surface area contributed by atoms with Crippen LogP contribution < -0.4 is 5.32 Å². The van der Waals surface area contributed by atoms with E-state index in [2.05, 4.69) is 5.32 Å². The fourth-order valence-corrected chi connectivity index (χ4v) is 3.89. The lowest BCUT2D eigenvalue weighted by Gasteiger charge is -2.29. The zero-order valence-corrected chi connectivity index (χ0v) is 13.3. The molecule has 0 amide bonds. The highest BCUT2D eigenvalue weighted by atomic mass is 16.5. The van der Waals surface area contributed by atoms with Crippen molar-refractivity contribution in [2.45, 2.75) is 63.9 Å². The molecule has 1 aromatic rings. The summed E-state index contributed by atoms with van der Waals surface area (Å²) >= 11 is 0. The van der Waals surface area contributed by atoms with E-state index in [-0.39, 0.29) is 6.10 Å². The van der Waals surface area contributed by atoms with Crippen molar-refractivity contribution in [1.82, 2.24) is 9.97 Å². The van der Waals surface area contributed by atoms with Gasteiger partial charge in [0, 0.05) is 25.4 Å². The Bertz CT molecular complexity index is 466. The van der Waals surface area contributed by atoms with Gasteiger partial charge in [-0.05, 0) is 44.4 Å². The van der Waals surface area contributed by atoms with E-state index in [9.17, 15) is 0 Å². The van der Waals surface area contributed by atoms with Crippen molar-refractivity contribution in [3.05, 3.63) is 17.1 Å². The SMILES string of the molecule is CNc1nc(C(OC)C2CCCCC2)nc2c1CCCC2. The molecule has 21 heavy (non-hydrogen) atoms. The number of fused-ring (bicyclic) bond motifs is 1. The van der Waals surface area contributed by atoms with E-state index < -0.39 is 0 Å². The average Bonchev–Trinajstić information content (AvgIpc) is 2.56. The van der Waals surface area contributed by atoms with Crippen molar-refractivity contribution in [2.75, 3.05) is 19.5 Å². The van der Waals surface area contributed by atoms with Gasteiger partial charge in [0.2, 0.25) is 0 Å². The van der Waals surface area contributed by atoms with Crippen molar-refractivity contribution in [2.24, 2.45) is 5.92 Å². The molecule has 0 aliphatic heterocycles. The molecule has 0 bridgehead atoms. The van der Waals surface area contributed by atoms with Crippen molar-refractivity contribution >= 4 is 5.82 Å². The molecule has 1 unspecified atom stereocenters. The first-order chi connectivity index (χ1) is 10.3. The Morgan fingerprint density at radius 3 is 2.52 bits per heavy atom. The van der Waals surface area contributed by atoms with Gasteiger partial charge in [0.05, 0.1) is 0 Å². The fraction of sp³-hybridized carbons (Fsp3) is 0.765. The van der Waals surface area contributed by atoms with Gasteiger partial charge >= 0.3 is 0 Å². The second-order valence-electron chi connectivity index (χ2n) is 6.37. The number of aryl methyl sites for hydroxylation is 1. The molecule has 1 N–H and O–H groups in total. The van der Waals surface area contributed by atoms with Crippen LogP contribution in [0.3, 0.4) is 0 Å². The first-order valence-electron chi connectivity index (χ1n) is 8.43. The smallest absolute Gasteiger partial charge is 0.160 e. The van der Waals surface area contributed by atoms with Crippen LogP contribution in [0.25, 0.3) is 0 Å². The molecular formula is C17H27N3O. The maximum atomic E-state index is 5.81. The van der Waals surface area contributed by atoms with E-state index in [0.717, 1.165) is 24.5 Å². The van der Waals surface area contributed by atoms with Crippen LogP contribution in [0.5, 0.6) is 0 Å². The lowest BCUT2D eigenvalue weighted by Crippen LogP contribution is -2.22. The van der Waals surface area contributed by atoms with E-state index in [0.29, 0.717) is 5.92 Å². The molecular weight excluding hydrogens is 262 g/mol. The third kappa shape index (κ3) is 3.05. The monoisotopic (exact) mass is 289 g/mol. The summed E-state index contributed by atoms with van der Waals surface area (Å²) in [6.07, 6.45) is 11.2. The van der Waals surface area contributed by atoms with Crippen LogP contribution in [0, 0.1) is 5.92 Å². The number of rotatable bonds is 4. The lowest BCUT2D eigenvalue weighted by atomic mass is 9.84. The van der Waals surface area contributed by atoms with Gasteiger partial charge in [-0.15, -0.1) is 0 Å². The Hall–Kier alpha value is -1.16. The molecule has 3 rings (SSSR count). The Balaban J connectivity index is 1.92. The molecule has 4 heteroatoms. The van der Waals surface area contributed by atoms with E-state index in [1.165, 1.54) is 56.2 Å². The molecule has 1 saturated carbocycles. The number of nitrogens with one attached hydrogen (secondary N) is 1. The van der Waals surface area contributed by atoms with Gasteiger partial charge in [-0.25, -0.2) is 9.97 Å². The highest BCUT2D eigenvalue weighted by Crippen LogP contribution is 2.36. The van der Waals surface area contributed by atoms with Crippen molar-refractivity contribution < 1.29 is 4.74 Å². The molecule has 1 heterocycles. The summed E-state index contributed by atoms with van der Waals surface area (Å²) in [6.45, 7) is 0. The third-order valence-corrected chi connectivity index (χ3v) is 5.02. The van der Waals surface area contributed by atoms with E-state index in [1.807, 2.05) is 7.05 Å². The van der Waals surface area contributed by atoms with Crippen molar-refractivity contribution in [1.29, 1.82) is 0 Å². The molecule has 116 valence electrons. The summed E-state index contributed by atoms with van der Waals surface area (Å²) in [4.78, 5) is 9.70. The van der Waals surface area contributed by atoms with E-state index in [1.54, 1.807) is 7.11 Å². The van der Waals surface area contributed by atoms with Gasteiger partial charge in [-0.1, -0.05) is 19.3 Å². The summed E-state index contributed by atoms with van der Waals surface area (Å²) in [5.41, 5.74) is 2.57. The highest BCUT2D eigenvalue weighted by Gasteiger charge is 2.29. The van der Waals surface area contributed by atoms with Gasteiger partial charge in [-0.3, -0.25) is 0 Å². The second kappa shape index (κ2) is 6.73. The van der Waals surface area contributed by atoms with Crippen molar-refractivity contribution in [3.8, 4) is 0 Å². The Labute approximate surface area is 127 Å². The third-order valence-electron chi connectivity index (χ3n) is 5.02. The summed E-state index contributed by atoms with van der Waals surface area (Å²) in [5, 5.41) is 3.27. The van der Waals surface area contributed by atoms with Crippen LogP contribution in [0.4, 0.5) is 5.82 Å². The van der Waals surface area contributed by atoms with Crippen LogP contribution in [0.2, 0.25) is 0 Å². The van der Waals surface area contributed by atoms with Crippen LogP contribution in [0.15, 0.2) is 0 Å².